The van der Waals surface area contributed by atoms with E-state index in [-0.39, 0.29) is 0 Å². The predicted octanol–water partition coefficient (Wildman–Crippen LogP) is 1.86. The molecule has 0 saturated heterocycles. The Morgan fingerprint density at radius 2 is 2.15 bits per heavy atom. The van der Waals surface area contributed by atoms with E-state index in [9.17, 15) is 0 Å². The molecule has 0 heterocycles. The summed E-state index contributed by atoms with van der Waals surface area (Å²) in [6.45, 7) is 6.96. The van der Waals surface area contributed by atoms with E-state index in [0.29, 0.717) is 6.04 Å². The van der Waals surface area contributed by atoms with Crippen LogP contribution in [0.15, 0.2) is 0 Å². The summed E-state index contributed by atoms with van der Waals surface area (Å²) in [5.41, 5.74) is 0. The number of rotatable bonds is 7. The van der Waals surface area contributed by atoms with Crippen molar-refractivity contribution in [2.24, 2.45) is 0 Å². The van der Waals surface area contributed by atoms with Gasteiger partial charge in [0.1, 0.15) is 0 Å². The van der Waals surface area contributed by atoms with Crippen molar-refractivity contribution < 1.29 is 0 Å². The smallest absolute Gasteiger partial charge is 0.0189 e. The Hall–Kier alpha value is -0.0800. The molecule has 1 unspecified atom stereocenters. The lowest BCUT2D eigenvalue weighted by Crippen LogP contribution is -2.39. The molecule has 1 saturated carbocycles. The van der Waals surface area contributed by atoms with Gasteiger partial charge < -0.3 is 10.2 Å². The summed E-state index contributed by atoms with van der Waals surface area (Å²) in [7, 11) is 2.23. The van der Waals surface area contributed by atoms with Crippen LogP contribution in [0.25, 0.3) is 0 Å². The molecule has 0 aromatic carbocycles. The van der Waals surface area contributed by atoms with Gasteiger partial charge in [0.05, 0.1) is 0 Å². The third-order valence-electron chi connectivity index (χ3n) is 2.90. The summed E-state index contributed by atoms with van der Waals surface area (Å²) in [5, 5.41) is 3.57. The highest BCUT2D eigenvalue weighted by Crippen LogP contribution is 2.18. The molecule has 1 N–H and O–H groups in total. The number of hydrogen-bond acceptors (Lipinski definition) is 2. The summed E-state index contributed by atoms with van der Waals surface area (Å²) in [6, 6.07) is 1.54. The predicted molar refractivity (Wildman–Crippen MR) is 58.0 cm³/mol. The summed E-state index contributed by atoms with van der Waals surface area (Å²) < 4.78 is 0. The molecule has 1 aliphatic rings. The zero-order valence-corrected chi connectivity index (χ0v) is 9.34. The minimum atomic E-state index is 0.687. The normalized spacial score (nSPS) is 19.4. The zero-order chi connectivity index (χ0) is 9.68. The average molecular weight is 184 g/mol. The molecular weight excluding hydrogens is 160 g/mol. The molecule has 2 heteroatoms. The molecule has 0 amide bonds. The van der Waals surface area contributed by atoms with Gasteiger partial charge in [-0.05, 0) is 39.8 Å². The third-order valence-corrected chi connectivity index (χ3v) is 2.90. The van der Waals surface area contributed by atoms with Crippen LogP contribution in [0.1, 0.15) is 39.5 Å². The molecule has 0 bridgehead atoms. The molecular formula is C11H24N2. The Bertz CT molecular complexity index is 132. The molecule has 0 aromatic heterocycles. The number of hydrogen-bond donors (Lipinski definition) is 1. The van der Waals surface area contributed by atoms with Crippen molar-refractivity contribution >= 4 is 0 Å². The number of likely N-dealkylation sites (N-methyl/N-ethyl adjacent to an activating group) is 1. The minimum Gasteiger partial charge on any atom is -0.312 e. The first-order valence-electron chi connectivity index (χ1n) is 5.67. The molecule has 1 fully saturated rings. The van der Waals surface area contributed by atoms with Gasteiger partial charge in [-0.3, -0.25) is 0 Å². The number of nitrogens with zero attached hydrogens (tertiary/aromatic N) is 1. The Labute approximate surface area is 82.7 Å². The lowest BCUT2D eigenvalue weighted by Gasteiger charge is -2.24. The monoisotopic (exact) mass is 184 g/mol. The van der Waals surface area contributed by atoms with Gasteiger partial charge in [-0.15, -0.1) is 0 Å². The Balaban J connectivity index is 2.01. The van der Waals surface area contributed by atoms with Gasteiger partial charge in [-0.25, -0.2) is 0 Å². The van der Waals surface area contributed by atoms with E-state index < -0.39 is 0 Å². The van der Waals surface area contributed by atoms with Crippen molar-refractivity contribution in [2.75, 3.05) is 20.1 Å². The molecule has 0 radical (unpaired) electrons. The van der Waals surface area contributed by atoms with Gasteiger partial charge >= 0.3 is 0 Å². The van der Waals surface area contributed by atoms with Gasteiger partial charge in [0, 0.05) is 18.6 Å². The molecule has 1 atom stereocenters. The zero-order valence-electron chi connectivity index (χ0n) is 9.34. The van der Waals surface area contributed by atoms with Gasteiger partial charge in [-0.2, -0.15) is 0 Å². The van der Waals surface area contributed by atoms with Crippen LogP contribution in [0.3, 0.4) is 0 Å². The van der Waals surface area contributed by atoms with Gasteiger partial charge in [0.25, 0.3) is 0 Å². The summed E-state index contributed by atoms with van der Waals surface area (Å²) in [5.74, 6) is 0. The summed E-state index contributed by atoms with van der Waals surface area (Å²) in [4.78, 5) is 2.46. The maximum absolute atomic E-state index is 3.57. The molecule has 2 nitrogen and oxygen atoms in total. The highest BCUT2D eigenvalue weighted by atomic mass is 15.1. The van der Waals surface area contributed by atoms with E-state index in [1.807, 2.05) is 0 Å². The molecule has 78 valence electrons. The van der Waals surface area contributed by atoms with Gasteiger partial charge in [0.15, 0.2) is 0 Å². The molecule has 0 aromatic rings. The fourth-order valence-corrected chi connectivity index (χ4v) is 1.41. The third kappa shape index (κ3) is 4.63. The van der Waals surface area contributed by atoms with Crippen LogP contribution in [0, 0.1) is 0 Å². The van der Waals surface area contributed by atoms with E-state index in [1.54, 1.807) is 0 Å². The van der Waals surface area contributed by atoms with E-state index >= 15 is 0 Å². The van der Waals surface area contributed by atoms with Crippen LogP contribution < -0.4 is 5.32 Å². The summed E-state index contributed by atoms with van der Waals surface area (Å²) in [6.07, 6.45) is 5.41. The van der Waals surface area contributed by atoms with Crippen molar-refractivity contribution in [3.8, 4) is 0 Å². The van der Waals surface area contributed by atoms with Crippen LogP contribution in [-0.4, -0.2) is 37.1 Å². The van der Waals surface area contributed by atoms with Crippen LogP contribution >= 0.6 is 0 Å². The van der Waals surface area contributed by atoms with E-state index in [1.165, 1.54) is 32.2 Å². The van der Waals surface area contributed by atoms with E-state index in [4.69, 9.17) is 0 Å². The van der Waals surface area contributed by atoms with Gasteiger partial charge in [0.2, 0.25) is 0 Å². The lowest BCUT2D eigenvalue weighted by molar-refractivity contribution is 0.247. The molecule has 13 heavy (non-hydrogen) atoms. The second kappa shape index (κ2) is 5.61. The van der Waals surface area contributed by atoms with E-state index in [0.717, 1.165) is 12.6 Å². The first kappa shape index (κ1) is 11.0. The Morgan fingerprint density at radius 3 is 2.69 bits per heavy atom. The average Bonchev–Trinajstić information content (AvgIpc) is 2.93. The van der Waals surface area contributed by atoms with Crippen LogP contribution in [-0.2, 0) is 0 Å². The standard InChI is InChI=1S/C11H24N2/c1-4-5-8-13(3)10(2)9-12-11-6-7-11/h10-12H,4-9H2,1-3H3. The minimum absolute atomic E-state index is 0.687. The molecule has 0 spiro atoms. The number of unbranched alkanes of at least 4 members (excludes halogenated alkanes) is 1. The van der Waals surface area contributed by atoms with Crippen molar-refractivity contribution in [3.63, 3.8) is 0 Å². The number of nitrogens with one attached hydrogen (secondary N) is 1. The Morgan fingerprint density at radius 1 is 1.46 bits per heavy atom. The molecule has 1 aliphatic carbocycles. The van der Waals surface area contributed by atoms with Crippen LogP contribution in [0.2, 0.25) is 0 Å². The largest absolute Gasteiger partial charge is 0.312 e. The van der Waals surface area contributed by atoms with Crippen molar-refractivity contribution in [1.29, 1.82) is 0 Å². The van der Waals surface area contributed by atoms with E-state index in [2.05, 4.69) is 31.1 Å². The lowest BCUT2D eigenvalue weighted by atomic mass is 10.2. The fourth-order valence-electron chi connectivity index (χ4n) is 1.41. The highest BCUT2D eigenvalue weighted by molar-refractivity contribution is 4.82. The van der Waals surface area contributed by atoms with Crippen LogP contribution in [0.5, 0.6) is 0 Å². The fraction of sp³-hybridized carbons (Fsp3) is 1.00. The van der Waals surface area contributed by atoms with Crippen molar-refractivity contribution in [2.45, 2.75) is 51.6 Å². The second-order valence-corrected chi connectivity index (χ2v) is 4.37. The summed E-state index contributed by atoms with van der Waals surface area (Å²) >= 11 is 0. The van der Waals surface area contributed by atoms with Crippen molar-refractivity contribution in [3.05, 3.63) is 0 Å². The maximum atomic E-state index is 3.57. The first-order chi connectivity index (χ1) is 6.24. The maximum Gasteiger partial charge on any atom is 0.0189 e. The SMILES string of the molecule is CCCCN(C)C(C)CNC1CC1. The quantitative estimate of drug-likeness (QED) is 0.649. The van der Waals surface area contributed by atoms with Crippen LogP contribution in [0.4, 0.5) is 0 Å². The molecule has 1 rings (SSSR count). The Kier molecular flexibility index (Phi) is 4.74. The van der Waals surface area contributed by atoms with Gasteiger partial charge in [-0.1, -0.05) is 13.3 Å². The second-order valence-electron chi connectivity index (χ2n) is 4.37. The van der Waals surface area contributed by atoms with Crippen molar-refractivity contribution in [1.82, 2.24) is 10.2 Å². The highest BCUT2D eigenvalue weighted by Gasteiger charge is 2.21. The molecule has 0 aliphatic heterocycles. The first-order valence-corrected chi connectivity index (χ1v) is 5.67. The topological polar surface area (TPSA) is 15.3 Å².